The fraction of sp³-hybridized carbons (Fsp3) is 1.00. The second-order valence-corrected chi connectivity index (χ2v) is 9.95. The fourth-order valence-electron chi connectivity index (χ4n) is 5.41. The lowest BCUT2D eigenvalue weighted by Crippen LogP contribution is -2.40. The second kappa shape index (κ2) is 8.89. The topological polar surface area (TPSA) is 39.7 Å². The third kappa shape index (κ3) is 5.43. The molecule has 2 unspecified atom stereocenters. The van der Waals surface area contributed by atoms with Crippen molar-refractivity contribution in [3.8, 4) is 0 Å². The molecule has 4 nitrogen and oxygen atoms in total. The molecular weight excluding hydrogens is 326 g/mol. The van der Waals surface area contributed by atoms with Crippen molar-refractivity contribution in [3.05, 3.63) is 0 Å². The first-order valence-electron chi connectivity index (χ1n) is 11.0. The van der Waals surface area contributed by atoms with Crippen LogP contribution in [0.2, 0.25) is 0 Å². The Morgan fingerprint density at radius 1 is 1.12 bits per heavy atom. The first-order valence-corrected chi connectivity index (χ1v) is 11.0. The van der Waals surface area contributed by atoms with Crippen LogP contribution in [0.5, 0.6) is 0 Å². The fourth-order valence-corrected chi connectivity index (χ4v) is 5.41. The first-order chi connectivity index (χ1) is 12.4. The Labute approximate surface area is 160 Å². The lowest BCUT2D eigenvalue weighted by Gasteiger charge is -2.43. The molecule has 3 rings (SSSR count). The highest BCUT2D eigenvalue weighted by molar-refractivity contribution is 4.90. The van der Waals surface area contributed by atoms with Gasteiger partial charge in [-0.25, -0.2) is 0 Å². The van der Waals surface area contributed by atoms with Crippen molar-refractivity contribution >= 4 is 0 Å². The van der Waals surface area contributed by atoms with E-state index in [1.807, 2.05) is 0 Å². The lowest BCUT2D eigenvalue weighted by atomic mass is 9.66. The van der Waals surface area contributed by atoms with Gasteiger partial charge in [0.15, 0.2) is 5.79 Å². The molecule has 1 spiro atoms. The van der Waals surface area contributed by atoms with E-state index in [2.05, 4.69) is 33.0 Å². The number of rotatable bonds is 8. The van der Waals surface area contributed by atoms with E-state index < -0.39 is 0 Å². The highest BCUT2D eigenvalue weighted by Crippen LogP contribution is 2.48. The van der Waals surface area contributed by atoms with Crippen LogP contribution in [-0.4, -0.2) is 44.3 Å². The van der Waals surface area contributed by atoms with Gasteiger partial charge in [0.25, 0.3) is 0 Å². The van der Waals surface area contributed by atoms with Gasteiger partial charge in [0.1, 0.15) is 0 Å². The molecule has 0 aromatic carbocycles. The minimum absolute atomic E-state index is 0.257. The highest BCUT2D eigenvalue weighted by Gasteiger charge is 2.46. The summed E-state index contributed by atoms with van der Waals surface area (Å²) >= 11 is 0. The Balaban J connectivity index is 1.36. The van der Waals surface area contributed by atoms with Crippen molar-refractivity contribution in [2.75, 3.05) is 26.3 Å². The Morgan fingerprint density at radius 2 is 1.88 bits per heavy atom. The maximum atomic E-state index is 6.41. The molecule has 2 aliphatic heterocycles. The molecule has 2 saturated heterocycles. The Hall–Kier alpha value is -0.160. The summed E-state index contributed by atoms with van der Waals surface area (Å²) in [4.78, 5) is 0. The van der Waals surface area contributed by atoms with Gasteiger partial charge < -0.3 is 19.5 Å². The van der Waals surface area contributed by atoms with Crippen LogP contribution in [0.4, 0.5) is 0 Å². The minimum atomic E-state index is -0.274. The zero-order valence-electron chi connectivity index (χ0n) is 17.5. The maximum absolute atomic E-state index is 6.41. The summed E-state index contributed by atoms with van der Waals surface area (Å²) in [6.45, 7) is 13.3. The summed E-state index contributed by atoms with van der Waals surface area (Å²) in [5, 5.41) is 3.53. The number of ether oxygens (including phenoxy) is 3. The largest absolute Gasteiger partial charge is 0.377 e. The molecular formula is C22H41NO3. The second-order valence-electron chi connectivity index (χ2n) is 9.95. The number of hydrogen-bond donors (Lipinski definition) is 1. The van der Waals surface area contributed by atoms with Gasteiger partial charge in [0.2, 0.25) is 0 Å². The Kier molecular flexibility index (Phi) is 7.04. The molecule has 0 aromatic rings. The number of hydrogen-bond acceptors (Lipinski definition) is 4. The van der Waals surface area contributed by atoms with Gasteiger partial charge in [-0.05, 0) is 62.3 Å². The molecule has 0 bridgehead atoms. The van der Waals surface area contributed by atoms with Crippen LogP contribution in [0.1, 0.15) is 79.1 Å². The van der Waals surface area contributed by atoms with Crippen molar-refractivity contribution in [1.29, 1.82) is 0 Å². The van der Waals surface area contributed by atoms with Crippen LogP contribution in [0.25, 0.3) is 0 Å². The molecule has 1 aliphatic carbocycles. The van der Waals surface area contributed by atoms with Gasteiger partial charge >= 0.3 is 0 Å². The minimum Gasteiger partial charge on any atom is -0.377 e. The molecule has 1 saturated carbocycles. The van der Waals surface area contributed by atoms with Crippen molar-refractivity contribution < 1.29 is 14.2 Å². The van der Waals surface area contributed by atoms with Gasteiger partial charge in [-0.3, -0.25) is 0 Å². The van der Waals surface area contributed by atoms with Gasteiger partial charge in [0.05, 0.1) is 18.8 Å². The highest BCUT2D eigenvalue weighted by atomic mass is 16.7. The average Bonchev–Trinajstić information content (AvgIpc) is 3.21. The zero-order valence-corrected chi connectivity index (χ0v) is 17.5. The Morgan fingerprint density at radius 3 is 2.54 bits per heavy atom. The first kappa shape index (κ1) is 20.6. The predicted octanol–water partition coefficient (Wildman–Crippen LogP) is 4.52. The summed E-state index contributed by atoms with van der Waals surface area (Å²) in [5.74, 6) is 1.30. The normalized spacial score (nSPS) is 35.7. The van der Waals surface area contributed by atoms with Crippen LogP contribution in [0.3, 0.4) is 0 Å². The standard InChI is InChI=1S/C22H41NO3/c1-17(2)14-21(3,4)18-7-10-22(11-8-18)25-16-20(26-22)9-12-23-15-19-6-5-13-24-19/h17-20,23H,5-16H2,1-4H3. The molecule has 3 aliphatic rings. The van der Waals surface area contributed by atoms with Crippen molar-refractivity contribution in [3.63, 3.8) is 0 Å². The van der Waals surface area contributed by atoms with Gasteiger partial charge in [-0.2, -0.15) is 0 Å². The number of nitrogens with one attached hydrogen (secondary N) is 1. The summed E-state index contributed by atoms with van der Waals surface area (Å²) in [6, 6.07) is 0. The van der Waals surface area contributed by atoms with E-state index in [0.717, 1.165) is 57.4 Å². The summed E-state index contributed by atoms with van der Waals surface area (Å²) < 4.78 is 18.3. The third-order valence-corrected chi connectivity index (χ3v) is 6.74. The SMILES string of the molecule is CC(C)CC(C)(C)C1CCC2(CC1)OCC(CCNCC1CCCO1)O2. The van der Waals surface area contributed by atoms with E-state index >= 15 is 0 Å². The zero-order chi connectivity index (χ0) is 18.6. The van der Waals surface area contributed by atoms with Crippen LogP contribution in [0.15, 0.2) is 0 Å². The molecule has 2 heterocycles. The molecule has 0 amide bonds. The maximum Gasteiger partial charge on any atom is 0.168 e. The van der Waals surface area contributed by atoms with Gasteiger partial charge in [0, 0.05) is 26.0 Å². The van der Waals surface area contributed by atoms with Gasteiger partial charge in [-0.1, -0.05) is 27.7 Å². The smallest absolute Gasteiger partial charge is 0.168 e. The summed E-state index contributed by atoms with van der Waals surface area (Å²) in [5.41, 5.74) is 0.431. The van der Waals surface area contributed by atoms with Crippen LogP contribution in [0, 0.1) is 17.3 Å². The predicted molar refractivity (Wildman–Crippen MR) is 105 cm³/mol. The summed E-state index contributed by atoms with van der Waals surface area (Å²) in [6.07, 6.45) is 10.1. The van der Waals surface area contributed by atoms with Crippen LogP contribution in [-0.2, 0) is 14.2 Å². The van der Waals surface area contributed by atoms with Gasteiger partial charge in [-0.15, -0.1) is 0 Å². The molecule has 1 N–H and O–H groups in total. The van der Waals surface area contributed by atoms with Crippen molar-refractivity contribution in [1.82, 2.24) is 5.32 Å². The Bertz CT molecular complexity index is 423. The molecule has 0 radical (unpaired) electrons. The average molecular weight is 368 g/mol. The molecule has 2 atom stereocenters. The molecule has 26 heavy (non-hydrogen) atoms. The van der Waals surface area contributed by atoms with E-state index in [-0.39, 0.29) is 11.9 Å². The van der Waals surface area contributed by atoms with Crippen LogP contribution >= 0.6 is 0 Å². The summed E-state index contributed by atoms with van der Waals surface area (Å²) in [7, 11) is 0. The van der Waals surface area contributed by atoms with E-state index in [0.29, 0.717) is 11.5 Å². The third-order valence-electron chi connectivity index (χ3n) is 6.74. The van der Waals surface area contributed by atoms with Crippen molar-refractivity contribution in [2.45, 2.75) is 97.1 Å². The van der Waals surface area contributed by atoms with E-state index in [1.165, 1.54) is 32.1 Å². The molecule has 4 heteroatoms. The quantitative estimate of drug-likeness (QED) is 0.640. The van der Waals surface area contributed by atoms with E-state index in [4.69, 9.17) is 14.2 Å². The lowest BCUT2D eigenvalue weighted by molar-refractivity contribution is -0.197. The van der Waals surface area contributed by atoms with E-state index in [1.54, 1.807) is 0 Å². The van der Waals surface area contributed by atoms with Crippen LogP contribution < -0.4 is 5.32 Å². The van der Waals surface area contributed by atoms with E-state index in [9.17, 15) is 0 Å². The molecule has 0 aromatic heterocycles. The molecule has 152 valence electrons. The molecule has 3 fully saturated rings. The monoisotopic (exact) mass is 367 g/mol. The van der Waals surface area contributed by atoms with Crippen molar-refractivity contribution in [2.24, 2.45) is 17.3 Å².